The van der Waals surface area contributed by atoms with Gasteiger partial charge in [0.15, 0.2) is 0 Å². The maximum atomic E-state index is 12.6. The third-order valence-corrected chi connectivity index (χ3v) is 3.36. The summed E-state index contributed by atoms with van der Waals surface area (Å²) in [6.45, 7) is 10.8. The van der Waals surface area contributed by atoms with E-state index in [-0.39, 0.29) is 11.8 Å². The third-order valence-electron chi connectivity index (χ3n) is 3.36. The molecule has 0 unspecified atom stereocenters. The smallest absolute Gasteiger partial charge is 0.408 e. The van der Waals surface area contributed by atoms with Gasteiger partial charge in [0.2, 0.25) is 12.2 Å². The summed E-state index contributed by atoms with van der Waals surface area (Å²) in [6.07, 6.45) is -0.461. The number of amides is 2. The Bertz CT molecular complexity index is 486. The van der Waals surface area contributed by atoms with Crippen molar-refractivity contribution in [3.63, 3.8) is 0 Å². The molecule has 1 saturated heterocycles. The van der Waals surface area contributed by atoms with Crippen LogP contribution in [-0.4, -0.2) is 48.6 Å². The molecule has 1 heterocycles. The summed E-state index contributed by atoms with van der Waals surface area (Å²) in [5.41, 5.74) is -0.650. The standard InChI is InChI=1S/C17H30N2O6/c1-10(2)9-13(19-16(22)25-17(4,5)6)14(21)18-12-7-8-23-15(12)24-11(3)20/h10,12-13,15H,7-9H2,1-6H3,(H,18,21)(H,19,22)/t12-,13-,15-/m0/s1. The van der Waals surface area contributed by atoms with Crippen molar-refractivity contribution in [2.45, 2.75) is 78.4 Å². The number of hydrogen-bond acceptors (Lipinski definition) is 6. The predicted molar refractivity (Wildman–Crippen MR) is 90.7 cm³/mol. The zero-order valence-electron chi connectivity index (χ0n) is 15.9. The van der Waals surface area contributed by atoms with Crippen LogP contribution < -0.4 is 10.6 Å². The Hall–Kier alpha value is -1.83. The summed E-state index contributed by atoms with van der Waals surface area (Å²) in [5, 5.41) is 5.41. The van der Waals surface area contributed by atoms with Crippen LogP contribution in [0.4, 0.5) is 4.79 Å². The Kier molecular flexibility index (Phi) is 7.66. The Morgan fingerprint density at radius 2 is 1.88 bits per heavy atom. The van der Waals surface area contributed by atoms with Crippen LogP contribution in [0.5, 0.6) is 0 Å². The van der Waals surface area contributed by atoms with Crippen LogP contribution in [0, 0.1) is 5.92 Å². The third kappa shape index (κ3) is 8.20. The predicted octanol–water partition coefficient (Wildman–Crippen LogP) is 1.72. The first-order valence-electron chi connectivity index (χ1n) is 8.56. The van der Waals surface area contributed by atoms with Gasteiger partial charge in [-0.3, -0.25) is 9.59 Å². The van der Waals surface area contributed by atoms with E-state index in [0.29, 0.717) is 19.4 Å². The van der Waals surface area contributed by atoms with Gasteiger partial charge in [0.25, 0.3) is 0 Å². The molecule has 25 heavy (non-hydrogen) atoms. The average Bonchev–Trinajstić information content (AvgIpc) is 2.81. The molecule has 0 bridgehead atoms. The van der Waals surface area contributed by atoms with E-state index >= 15 is 0 Å². The summed E-state index contributed by atoms with van der Waals surface area (Å²) >= 11 is 0. The van der Waals surface area contributed by atoms with Crippen molar-refractivity contribution in [1.82, 2.24) is 10.6 Å². The summed E-state index contributed by atoms with van der Waals surface area (Å²) < 4.78 is 15.6. The van der Waals surface area contributed by atoms with Crippen LogP contribution in [0.3, 0.4) is 0 Å². The molecule has 0 aliphatic carbocycles. The molecule has 0 spiro atoms. The minimum Gasteiger partial charge on any atom is -0.444 e. The van der Waals surface area contributed by atoms with E-state index < -0.39 is 36.0 Å². The van der Waals surface area contributed by atoms with E-state index in [1.807, 2.05) is 13.8 Å². The molecular weight excluding hydrogens is 328 g/mol. The second-order valence-corrected chi connectivity index (χ2v) is 7.58. The fourth-order valence-corrected chi connectivity index (χ4v) is 2.42. The zero-order chi connectivity index (χ0) is 19.2. The fourth-order valence-electron chi connectivity index (χ4n) is 2.42. The zero-order valence-corrected chi connectivity index (χ0v) is 15.9. The van der Waals surface area contributed by atoms with Gasteiger partial charge in [-0.05, 0) is 39.5 Å². The molecule has 2 amide bonds. The molecule has 1 aliphatic heterocycles. The Balaban J connectivity index is 2.69. The minimum absolute atomic E-state index is 0.190. The number of rotatable bonds is 6. The van der Waals surface area contributed by atoms with Crippen molar-refractivity contribution in [2.24, 2.45) is 5.92 Å². The Morgan fingerprint density at radius 3 is 2.40 bits per heavy atom. The van der Waals surface area contributed by atoms with Gasteiger partial charge in [-0.2, -0.15) is 0 Å². The highest BCUT2D eigenvalue weighted by Gasteiger charge is 2.34. The lowest BCUT2D eigenvalue weighted by Gasteiger charge is -2.26. The van der Waals surface area contributed by atoms with Gasteiger partial charge >= 0.3 is 12.1 Å². The summed E-state index contributed by atoms with van der Waals surface area (Å²) in [7, 11) is 0. The second kappa shape index (κ2) is 9.03. The summed E-state index contributed by atoms with van der Waals surface area (Å²) in [6, 6.07) is -1.18. The highest BCUT2D eigenvalue weighted by Crippen LogP contribution is 2.16. The highest BCUT2D eigenvalue weighted by atomic mass is 16.7. The van der Waals surface area contributed by atoms with E-state index in [0.717, 1.165) is 0 Å². The van der Waals surface area contributed by atoms with Crippen molar-refractivity contribution >= 4 is 18.0 Å². The van der Waals surface area contributed by atoms with Gasteiger partial charge in [-0.1, -0.05) is 13.8 Å². The Morgan fingerprint density at radius 1 is 1.24 bits per heavy atom. The first-order valence-corrected chi connectivity index (χ1v) is 8.56. The molecule has 2 N–H and O–H groups in total. The van der Waals surface area contributed by atoms with Gasteiger partial charge < -0.3 is 24.8 Å². The fraction of sp³-hybridized carbons (Fsp3) is 0.824. The average molecular weight is 358 g/mol. The molecule has 0 aromatic heterocycles. The number of carbonyl (C=O) groups is 3. The second-order valence-electron chi connectivity index (χ2n) is 7.58. The molecule has 0 aromatic carbocycles. The topological polar surface area (TPSA) is 103 Å². The van der Waals surface area contributed by atoms with Crippen molar-refractivity contribution in [3.8, 4) is 0 Å². The number of esters is 1. The van der Waals surface area contributed by atoms with E-state index in [9.17, 15) is 14.4 Å². The number of carbonyl (C=O) groups excluding carboxylic acids is 3. The number of ether oxygens (including phenoxy) is 3. The van der Waals surface area contributed by atoms with E-state index in [1.54, 1.807) is 20.8 Å². The molecule has 144 valence electrons. The molecule has 8 nitrogen and oxygen atoms in total. The number of alkyl carbamates (subject to hydrolysis) is 1. The van der Waals surface area contributed by atoms with Crippen molar-refractivity contribution in [1.29, 1.82) is 0 Å². The molecular formula is C17H30N2O6. The minimum atomic E-state index is -0.803. The van der Waals surface area contributed by atoms with Crippen LogP contribution in [0.15, 0.2) is 0 Å². The quantitative estimate of drug-likeness (QED) is 0.701. The maximum Gasteiger partial charge on any atom is 0.408 e. The SMILES string of the molecule is CC(=O)O[C@@H]1OCC[C@@H]1NC(=O)[C@H](CC(C)C)NC(=O)OC(C)(C)C. The number of nitrogens with one attached hydrogen (secondary N) is 2. The largest absolute Gasteiger partial charge is 0.444 e. The van der Waals surface area contributed by atoms with E-state index in [1.165, 1.54) is 6.92 Å². The van der Waals surface area contributed by atoms with Gasteiger partial charge in [0.05, 0.1) is 12.6 Å². The molecule has 8 heteroatoms. The van der Waals surface area contributed by atoms with Crippen molar-refractivity contribution < 1.29 is 28.6 Å². The number of hydrogen-bond donors (Lipinski definition) is 2. The summed E-state index contributed by atoms with van der Waals surface area (Å²) in [5.74, 6) is -0.640. The van der Waals surface area contributed by atoms with Gasteiger partial charge in [0, 0.05) is 6.92 Å². The molecule has 0 radical (unpaired) electrons. The van der Waals surface area contributed by atoms with E-state index in [4.69, 9.17) is 14.2 Å². The lowest BCUT2D eigenvalue weighted by Crippen LogP contribution is -2.53. The van der Waals surface area contributed by atoms with Crippen LogP contribution in [0.1, 0.15) is 54.4 Å². The van der Waals surface area contributed by atoms with Gasteiger partial charge in [0.1, 0.15) is 11.6 Å². The molecule has 1 aliphatic rings. The van der Waals surface area contributed by atoms with Gasteiger partial charge in [-0.15, -0.1) is 0 Å². The first kappa shape index (κ1) is 21.2. The Labute approximate surface area is 148 Å². The first-order chi connectivity index (χ1) is 11.5. The molecule has 1 fully saturated rings. The van der Waals surface area contributed by atoms with Crippen molar-refractivity contribution in [3.05, 3.63) is 0 Å². The monoisotopic (exact) mass is 358 g/mol. The summed E-state index contributed by atoms with van der Waals surface area (Å²) in [4.78, 5) is 35.7. The van der Waals surface area contributed by atoms with Crippen molar-refractivity contribution in [2.75, 3.05) is 6.61 Å². The maximum absolute atomic E-state index is 12.6. The molecule has 1 rings (SSSR count). The lowest BCUT2D eigenvalue weighted by atomic mass is 10.0. The van der Waals surface area contributed by atoms with Gasteiger partial charge in [-0.25, -0.2) is 4.79 Å². The normalized spacial score (nSPS) is 21.6. The van der Waals surface area contributed by atoms with Crippen LogP contribution in [-0.2, 0) is 23.8 Å². The molecule has 0 aromatic rings. The molecule has 0 saturated carbocycles. The van der Waals surface area contributed by atoms with Crippen LogP contribution >= 0.6 is 0 Å². The van der Waals surface area contributed by atoms with Crippen LogP contribution in [0.25, 0.3) is 0 Å². The lowest BCUT2D eigenvalue weighted by molar-refractivity contribution is -0.170. The van der Waals surface area contributed by atoms with E-state index in [2.05, 4.69) is 10.6 Å². The molecule has 3 atom stereocenters. The van der Waals surface area contributed by atoms with Crippen LogP contribution in [0.2, 0.25) is 0 Å². The highest BCUT2D eigenvalue weighted by molar-refractivity contribution is 5.86.